The molecule has 0 fully saturated rings. The Labute approximate surface area is 85.8 Å². The minimum atomic E-state index is 0.173. The fourth-order valence-electron chi connectivity index (χ4n) is 0.926. The van der Waals surface area contributed by atoms with Crippen LogP contribution in [0.25, 0.3) is 0 Å². The lowest BCUT2D eigenvalue weighted by molar-refractivity contribution is -0.0661. The SMILES string of the molecule is CCOC(CC)=C(OCC)OCOC. The van der Waals surface area contributed by atoms with Crippen molar-refractivity contribution < 1.29 is 18.9 Å². The van der Waals surface area contributed by atoms with Gasteiger partial charge in [-0.05, 0) is 13.8 Å². The van der Waals surface area contributed by atoms with Crippen LogP contribution in [0.3, 0.4) is 0 Å². The van der Waals surface area contributed by atoms with Crippen molar-refractivity contribution in [2.75, 3.05) is 27.1 Å². The lowest BCUT2D eigenvalue weighted by atomic mass is 10.4. The molecule has 84 valence electrons. The van der Waals surface area contributed by atoms with Gasteiger partial charge in [-0.1, -0.05) is 6.92 Å². The minimum Gasteiger partial charge on any atom is -0.491 e. The lowest BCUT2D eigenvalue weighted by Gasteiger charge is -2.14. The van der Waals surface area contributed by atoms with E-state index in [4.69, 9.17) is 18.9 Å². The molecule has 0 saturated heterocycles. The molecule has 0 aromatic carbocycles. The average molecular weight is 204 g/mol. The molecule has 0 aromatic heterocycles. The van der Waals surface area contributed by atoms with Crippen molar-refractivity contribution in [3.05, 3.63) is 11.7 Å². The second kappa shape index (κ2) is 8.69. The molecule has 0 aliphatic rings. The van der Waals surface area contributed by atoms with Crippen LogP contribution in [-0.4, -0.2) is 27.1 Å². The maximum atomic E-state index is 5.38. The van der Waals surface area contributed by atoms with E-state index in [1.807, 2.05) is 20.8 Å². The Morgan fingerprint density at radius 1 is 0.929 bits per heavy atom. The fraction of sp³-hybridized carbons (Fsp3) is 0.800. The summed E-state index contributed by atoms with van der Waals surface area (Å²) in [5.41, 5.74) is 0. The highest BCUT2D eigenvalue weighted by molar-refractivity contribution is 4.93. The summed E-state index contributed by atoms with van der Waals surface area (Å²) in [5, 5.41) is 0. The summed E-state index contributed by atoms with van der Waals surface area (Å²) in [6.45, 7) is 7.14. The van der Waals surface area contributed by atoms with Crippen LogP contribution >= 0.6 is 0 Å². The first kappa shape index (κ1) is 13.1. The van der Waals surface area contributed by atoms with Gasteiger partial charge >= 0.3 is 5.95 Å². The molecule has 0 radical (unpaired) electrons. The van der Waals surface area contributed by atoms with E-state index in [1.165, 1.54) is 0 Å². The molecule has 4 nitrogen and oxygen atoms in total. The summed E-state index contributed by atoms with van der Waals surface area (Å²) < 4.78 is 20.7. The van der Waals surface area contributed by atoms with E-state index >= 15 is 0 Å². The quantitative estimate of drug-likeness (QED) is 0.449. The molecule has 0 N–H and O–H groups in total. The van der Waals surface area contributed by atoms with Gasteiger partial charge in [-0.3, -0.25) is 0 Å². The Balaban J connectivity index is 4.34. The zero-order valence-corrected chi connectivity index (χ0v) is 9.46. The van der Waals surface area contributed by atoms with Crippen LogP contribution in [0.15, 0.2) is 11.7 Å². The van der Waals surface area contributed by atoms with Gasteiger partial charge in [0.15, 0.2) is 12.6 Å². The monoisotopic (exact) mass is 204 g/mol. The highest BCUT2D eigenvalue weighted by atomic mass is 16.7. The number of rotatable bonds is 8. The molecule has 0 saturated carbocycles. The third-order valence-corrected chi connectivity index (χ3v) is 1.45. The van der Waals surface area contributed by atoms with Gasteiger partial charge in [0, 0.05) is 13.5 Å². The highest BCUT2D eigenvalue weighted by Gasteiger charge is 2.08. The first-order chi connectivity index (χ1) is 6.79. The molecule has 0 heterocycles. The molecule has 0 amide bonds. The van der Waals surface area contributed by atoms with Crippen molar-refractivity contribution in [2.45, 2.75) is 27.2 Å². The standard InChI is InChI=1S/C10H20O4/c1-5-9(12-6-2)10(13-7-3)14-8-11-4/h5-8H2,1-4H3. The Kier molecular flexibility index (Phi) is 8.13. The Morgan fingerprint density at radius 2 is 1.57 bits per heavy atom. The van der Waals surface area contributed by atoms with Crippen molar-refractivity contribution in [2.24, 2.45) is 0 Å². The molecule has 0 spiro atoms. The third-order valence-electron chi connectivity index (χ3n) is 1.45. The zero-order valence-electron chi connectivity index (χ0n) is 9.46. The van der Waals surface area contributed by atoms with Gasteiger partial charge in [0.2, 0.25) is 0 Å². The van der Waals surface area contributed by atoms with Crippen LogP contribution in [0.2, 0.25) is 0 Å². The molecule has 0 bridgehead atoms. The van der Waals surface area contributed by atoms with Crippen LogP contribution < -0.4 is 0 Å². The molecule has 0 unspecified atom stereocenters. The summed E-state index contributed by atoms with van der Waals surface area (Å²) in [4.78, 5) is 0. The van der Waals surface area contributed by atoms with Gasteiger partial charge in [-0.2, -0.15) is 0 Å². The Morgan fingerprint density at radius 3 is 2.00 bits per heavy atom. The Bertz CT molecular complexity index is 166. The predicted octanol–water partition coefficient (Wildman–Crippen LogP) is 2.26. The molecule has 0 aromatic rings. The van der Waals surface area contributed by atoms with E-state index in [-0.39, 0.29) is 6.79 Å². The molecular formula is C10H20O4. The highest BCUT2D eigenvalue weighted by Crippen LogP contribution is 2.13. The molecule has 14 heavy (non-hydrogen) atoms. The van der Waals surface area contributed by atoms with Gasteiger partial charge in [0.05, 0.1) is 13.2 Å². The van der Waals surface area contributed by atoms with E-state index in [9.17, 15) is 0 Å². The molecule has 0 aliphatic heterocycles. The van der Waals surface area contributed by atoms with Gasteiger partial charge < -0.3 is 18.9 Å². The van der Waals surface area contributed by atoms with Gasteiger partial charge in [-0.25, -0.2) is 0 Å². The summed E-state index contributed by atoms with van der Waals surface area (Å²) in [6, 6.07) is 0. The number of methoxy groups -OCH3 is 1. The van der Waals surface area contributed by atoms with Crippen LogP contribution in [0.1, 0.15) is 27.2 Å². The van der Waals surface area contributed by atoms with Crippen LogP contribution in [-0.2, 0) is 18.9 Å². The zero-order chi connectivity index (χ0) is 10.8. The molecular weight excluding hydrogens is 184 g/mol. The summed E-state index contributed by atoms with van der Waals surface area (Å²) in [6.07, 6.45) is 0.743. The van der Waals surface area contributed by atoms with E-state index in [2.05, 4.69) is 0 Å². The van der Waals surface area contributed by atoms with Gasteiger partial charge in [0.25, 0.3) is 0 Å². The number of hydrogen-bond donors (Lipinski definition) is 0. The molecule has 0 rings (SSSR count). The van der Waals surface area contributed by atoms with Crippen molar-refractivity contribution in [1.29, 1.82) is 0 Å². The number of hydrogen-bond acceptors (Lipinski definition) is 4. The van der Waals surface area contributed by atoms with E-state index in [0.717, 1.165) is 12.2 Å². The fourth-order valence-corrected chi connectivity index (χ4v) is 0.926. The average Bonchev–Trinajstić information content (AvgIpc) is 2.21. The molecule has 0 aliphatic carbocycles. The van der Waals surface area contributed by atoms with E-state index in [0.29, 0.717) is 19.2 Å². The summed E-state index contributed by atoms with van der Waals surface area (Å²) >= 11 is 0. The van der Waals surface area contributed by atoms with Crippen molar-refractivity contribution in [3.8, 4) is 0 Å². The molecule has 0 atom stereocenters. The molecule has 4 heteroatoms. The maximum Gasteiger partial charge on any atom is 0.321 e. The van der Waals surface area contributed by atoms with Crippen molar-refractivity contribution in [1.82, 2.24) is 0 Å². The second-order valence-electron chi connectivity index (χ2n) is 2.48. The number of ether oxygens (including phenoxy) is 4. The predicted molar refractivity (Wildman–Crippen MR) is 53.5 cm³/mol. The van der Waals surface area contributed by atoms with Gasteiger partial charge in [-0.15, -0.1) is 0 Å². The normalized spacial score (nSPS) is 12.0. The smallest absolute Gasteiger partial charge is 0.321 e. The van der Waals surface area contributed by atoms with Gasteiger partial charge in [0.1, 0.15) is 0 Å². The van der Waals surface area contributed by atoms with E-state index in [1.54, 1.807) is 7.11 Å². The maximum absolute atomic E-state index is 5.38. The van der Waals surface area contributed by atoms with Crippen molar-refractivity contribution in [3.63, 3.8) is 0 Å². The minimum absolute atomic E-state index is 0.173. The number of allylic oxidation sites excluding steroid dienone is 1. The topological polar surface area (TPSA) is 36.9 Å². The first-order valence-electron chi connectivity index (χ1n) is 4.90. The van der Waals surface area contributed by atoms with Crippen LogP contribution in [0, 0.1) is 0 Å². The summed E-state index contributed by atoms with van der Waals surface area (Å²) in [5.74, 6) is 1.16. The van der Waals surface area contributed by atoms with Crippen LogP contribution in [0.4, 0.5) is 0 Å². The second-order valence-corrected chi connectivity index (χ2v) is 2.48. The third kappa shape index (κ3) is 4.97. The van der Waals surface area contributed by atoms with Crippen molar-refractivity contribution >= 4 is 0 Å². The lowest BCUT2D eigenvalue weighted by Crippen LogP contribution is -2.06. The summed E-state index contributed by atoms with van der Waals surface area (Å²) in [7, 11) is 1.57. The largest absolute Gasteiger partial charge is 0.491 e. The Hall–Kier alpha value is -0.900. The van der Waals surface area contributed by atoms with Crippen LogP contribution in [0.5, 0.6) is 0 Å². The first-order valence-corrected chi connectivity index (χ1v) is 4.90. The van der Waals surface area contributed by atoms with E-state index < -0.39 is 0 Å².